The van der Waals surface area contributed by atoms with E-state index in [1.165, 1.54) is 12.1 Å². The summed E-state index contributed by atoms with van der Waals surface area (Å²) in [6, 6.07) is 5.96. The van der Waals surface area contributed by atoms with Crippen LogP contribution in [0.15, 0.2) is 29.2 Å². The van der Waals surface area contributed by atoms with Crippen molar-refractivity contribution in [3.63, 3.8) is 0 Å². The molecule has 0 saturated heterocycles. The van der Waals surface area contributed by atoms with E-state index < -0.39 is 21.7 Å². The lowest BCUT2D eigenvalue weighted by Crippen LogP contribution is -2.58. The lowest BCUT2D eigenvalue weighted by Gasteiger charge is -2.62. The molecule has 0 radical (unpaired) electrons. The molecule has 3 N–H and O–H groups in total. The van der Waals surface area contributed by atoms with Gasteiger partial charge in [0.05, 0.1) is 23.7 Å². The van der Waals surface area contributed by atoms with E-state index in [2.05, 4.69) is 20.8 Å². The van der Waals surface area contributed by atoms with Crippen LogP contribution in [0, 0.1) is 46.3 Å². The van der Waals surface area contributed by atoms with Crippen LogP contribution >= 0.6 is 0 Å². The molecule has 0 aromatic heterocycles. The van der Waals surface area contributed by atoms with Gasteiger partial charge in [-0.1, -0.05) is 20.8 Å². The number of hydrogen-bond donors (Lipinski definition) is 3. The molecule has 9 heteroatoms. The molecule has 4 fully saturated rings. The van der Waals surface area contributed by atoms with E-state index in [0.29, 0.717) is 29.4 Å². The minimum absolute atomic E-state index is 0.0360. The third-order valence-corrected chi connectivity index (χ3v) is 13.0. The van der Waals surface area contributed by atoms with E-state index in [0.717, 1.165) is 51.4 Å². The van der Waals surface area contributed by atoms with Crippen LogP contribution in [0.3, 0.4) is 0 Å². The molecule has 4 saturated carbocycles. The molecule has 236 valence electrons. The Balaban J connectivity index is 1.19. The molecular weight excluding hydrogens is 554 g/mol. The Kier molecular flexibility index (Phi) is 8.47. The van der Waals surface area contributed by atoms with Crippen molar-refractivity contribution in [2.45, 2.75) is 116 Å². The van der Waals surface area contributed by atoms with Crippen molar-refractivity contribution in [2.24, 2.45) is 46.3 Å². The third-order valence-electron chi connectivity index (χ3n) is 11.7. The molecule has 1 aromatic carbocycles. The van der Waals surface area contributed by atoms with Crippen LogP contribution in [0.2, 0.25) is 0 Å². The fraction of sp³-hybridized carbons (Fsp3) is 0.788. The molecule has 10 atom stereocenters. The first-order valence-electron chi connectivity index (χ1n) is 15.9. The van der Waals surface area contributed by atoms with Crippen LogP contribution in [0.5, 0.6) is 5.75 Å². The molecule has 42 heavy (non-hydrogen) atoms. The molecule has 1 aromatic rings. The monoisotopic (exact) mass is 605 g/mol. The Morgan fingerprint density at radius 1 is 1.00 bits per heavy atom. The standard InChI is InChI=1S/C33H51NO7S/c1-20(19-40-30(37)34-42(38,39)24-9-7-23(8-10-24)41-31(2,3)4)25-11-12-26-29-27(14-16-33(25,26)6)32(5)15-13-22(35)17-21(32)18-28(29)36/h7-10,20-22,25-29,35-36H,11-19H2,1-6H3,(H,34,37)/t20-,21+,22+,25-,26+,27+,28-,29+,32+,33-/m1/s1. The summed E-state index contributed by atoms with van der Waals surface area (Å²) in [5.41, 5.74) is -0.186. The molecule has 0 heterocycles. The second kappa shape index (κ2) is 11.3. The number of benzene rings is 1. The van der Waals surface area contributed by atoms with Crippen molar-refractivity contribution in [1.82, 2.24) is 4.72 Å². The maximum Gasteiger partial charge on any atom is 0.421 e. The van der Waals surface area contributed by atoms with Gasteiger partial charge in [0.1, 0.15) is 11.4 Å². The van der Waals surface area contributed by atoms with E-state index in [9.17, 15) is 23.4 Å². The summed E-state index contributed by atoms with van der Waals surface area (Å²) in [6.07, 6.45) is 6.19. The van der Waals surface area contributed by atoms with Gasteiger partial charge in [-0.3, -0.25) is 0 Å². The van der Waals surface area contributed by atoms with Gasteiger partial charge in [0, 0.05) is 0 Å². The highest BCUT2D eigenvalue weighted by molar-refractivity contribution is 7.90. The van der Waals surface area contributed by atoms with Gasteiger partial charge in [-0.15, -0.1) is 0 Å². The molecule has 0 bridgehead atoms. The van der Waals surface area contributed by atoms with Crippen LogP contribution in [-0.4, -0.2) is 49.1 Å². The zero-order valence-corrected chi connectivity index (χ0v) is 27.0. The van der Waals surface area contributed by atoms with Gasteiger partial charge < -0.3 is 19.7 Å². The molecule has 4 aliphatic rings. The van der Waals surface area contributed by atoms with Gasteiger partial charge in [0.15, 0.2) is 0 Å². The largest absolute Gasteiger partial charge is 0.488 e. The number of ether oxygens (including phenoxy) is 2. The van der Waals surface area contributed by atoms with Crippen LogP contribution in [0.1, 0.15) is 92.9 Å². The quantitative estimate of drug-likeness (QED) is 0.369. The van der Waals surface area contributed by atoms with Crippen molar-refractivity contribution in [3.05, 3.63) is 24.3 Å². The summed E-state index contributed by atoms with van der Waals surface area (Å²) in [4.78, 5) is 12.6. The zero-order chi connectivity index (χ0) is 30.7. The van der Waals surface area contributed by atoms with Gasteiger partial charge in [-0.25, -0.2) is 17.9 Å². The van der Waals surface area contributed by atoms with Gasteiger partial charge in [0.2, 0.25) is 0 Å². The summed E-state index contributed by atoms with van der Waals surface area (Å²) >= 11 is 0. The molecule has 1 amide bonds. The first-order valence-corrected chi connectivity index (χ1v) is 17.4. The molecule has 8 nitrogen and oxygen atoms in total. The molecule has 4 aliphatic carbocycles. The Morgan fingerprint density at radius 2 is 1.64 bits per heavy atom. The fourth-order valence-electron chi connectivity index (χ4n) is 9.74. The number of nitrogens with one attached hydrogen (secondary N) is 1. The Morgan fingerprint density at radius 3 is 2.31 bits per heavy atom. The Bertz CT molecular complexity index is 1240. The predicted molar refractivity (Wildman–Crippen MR) is 160 cm³/mol. The van der Waals surface area contributed by atoms with Crippen molar-refractivity contribution in [2.75, 3.05) is 6.61 Å². The Labute approximate surface area is 252 Å². The Hall–Kier alpha value is -1.84. The summed E-state index contributed by atoms with van der Waals surface area (Å²) in [5, 5.41) is 21.8. The van der Waals surface area contributed by atoms with Crippen LogP contribution < -0.4 is 9.46 Å². The molecule has 0 aliphatic heterocycles. The number of fused-ring (bicyclic) bond motifs is 5. The summed E-state index contributed by atoms with van der Waals surface area (Å²) < 4.78 is 38.9. The summed E-state index contributed by atoms with van der Waals surface area (Å²) in [6.45, 7) is 12.7. The smallest absolute Gasteiger partial charge is 0.421 e. The van der Waals surface area contributed by atoms with Crippen molar-refractivity contribution in [1.29, 1.82) is 0 Å². The lowest BCUT2D eigenvalue weighted by molar-refractivity contribution is -0.174. The average Bonchev–Trinajstić information content (AvgIpc) is 3.24. The normalized spacial score (nSPS) is 38.9. The van der Waals surface area contributed by atoms with Crippen molar-refractivity contribution < 1.29 is 32.9 Å². The second-order valence-corrected chi connectivity index (χ2v) is 17.0. The van der Waals surface area contributed by atoms with E-state index in [4.69, 9.17) is 9.47 Å². The van der Waals surface area contributed by atoms with Crippen LogP contribution in [0.4, 0.5) is 4.79 Å². The third kappa shape index (κ3) is 5.94. The van der Waals surface area contributed by atoms with E-state index in [1.807, 2.05) is 25.5 Å². The van der Waals surface area contributed by atoms with E-state index in [-0.39, 0.29) is 46.4 Å². The highest BCUT2D eigenvalue weighted by Crippen LogP contribution is 2.68. The first kappa shape index (κ1) is 31.6. The highest BCUT2D eigenvalue weighted by Gasteiger charge is 2.62. The van der Waals surface area contributed by atoms with Gasteiger partial charge in [-0.05, 0) is 143 Å². The summed E-state index contributed by atoms with van der Waals surface area (Å²) in [5.74, 6) is 2.49. The number of aliphatic hydroxyl groups excluding tert-OH is 2. The molecular formula is C33H51NO7S. The van der Waals surface area contributed by atoms with Crippen LogP contribution in [0.25, 0.3) is 0 Å². The predicted octanol–water partition coefficient (Wildman–Crippen LogP) is 5.91. The van der Waals surface area contributed by atoms with E-state index in [1.54, 1.807) is 12.1 Å². The number of rotatable bonds is 6. The molecule has 0 unspecified atom stereocenters. The first-order chi connectivity index (χ1) is 19.5. The van der Waals surface area contributed by atoms with Crippen LogP contribution in [-0.2, 0) is 14.8 Å². The lowest BCUT2D eigenvalue weighted by atomic mass is 9.43. The SMILES string of the molecule is C[C@H](COC(=O)NS(=O)(=O)c1ccc(OC(C)(C)C)cc1)[C@H]1CC[C@H]2[C@@H]3[C@H](O)C[C@@H]4C[C@@H](O)CC[C@]4(C)[C@H]3CC[C@]12C. The number of carbonyl (C=O) groups excluding carboxylic acids is 1. The number of carbonyl (C=O) groups is 1. The number of hydrogen-bond acceptors (Lipinski definition) is 7. The minimum Gasteiger partial charge on any atom is -0.488 e. The minimum atomic E-state index is -4.08. The maximum absolute atomic E-state index is 12.8. The highest BCUT2D eigenvalue weighted by atomic mass is 32.2. The number of amides is 1. The fourth-order valence-corrected chi connectivity index (χ4v) is 10.6. The van der Waals surface area contributed by atoms with Gasteiger partial charge >= 0.3 is 6.09 Å². The second-order valence-electron chi connectivity index (χ2n) is 15.3. The maximum atomic E-state index is 12.8. The van der Waals surface area contributed by atoms with Crippen molar-refractivity contribution in [3.8, 4) is 5.75 Å². The van der Waals surface area contributed by atoms with Gasteiger partial charge in [0.25, 0.3) is 10.0 Å². The number of aliphatic hydroxyl groups is 2. The zero-order valence-electron chi connectivity index (χ0n) is 26.1. The molecule has 5 rings (SSSR count). The number of sulfonamides is 1. The van der Waals surface area contributed by atoms with Gasteiger partial charge in [-0.2, -0.15) is 0 Å². The van der Waals surface area contributed by atoms with Crippen molar-refractivity contribution >= 4 is 16.1 Å². The average molecular weight is 606 g/mol. The molecule has 0 spiro atoms. The van der Waals surface area contributed by atoms with E-state index >= 15 is 0 Å². The topological polar surface area (TPSA) is 122 Å². The summed E-state index contributed by atoms with van der Waals surface area (Å²) in [7, 11) is -4.08.